The van der Waals surface area contributed by atoms with E-state index >= 15 is 4.39 Å². The molecule has 52 heavy (non-hydrogen) atoms. The molecule has 1 aromatic heterocycles. The molecule has 2 unspecified atom stereocenters. The Labute approximate surface area is 306 Å². The summed E-state index contributed by atoms with van der Waals surface area (Å²) in [6.45, 7) is 18.3. The van der Waals surface area contributed by atoms with Crippen LogP contribution < -0.4 is 15.0 Å². The van der Waals surface area contributed by atoms with Crippen molar-refractivity contribution in [1.82, 2.24) is 20.2 Å². The molecule has 5 heterocycles. The van der Waals surface area contributed by atoms with Crippen LogP contribution in [0.25, 0.3) is 32.8 Å². The molecule has 9 rings (SSSR count). The zero-order valence-corrected chi connectivity index (χ0v) is 31.1. The minimum Gasteiger partial charge on any atom is -0.508 e. The number of aromatic nitrogens is 2. The minimum atomic E-state index is -0.456. The summed E-state index contributed by atoms with van der Waals surface area (Å²) in [5.74, 6) is 3.26. The number of nitrogens with one attached hydrogen (secondary N) is 1. The number of rotatable bonds is 8. The van der Waals surface area contributed by atoms with Gasteiger partial charge >= 0.3 is 6.01 Å². The van der Waals surface area contributed by atoms with Crippen LogP contribution in [-0.4, -0.2) is 84.6 Å². The van der Waals surface area contributed by atoms with E-state index in [-0.39, 0.29) is 33.5 Å². The Hall–Kier alpha value is -3.97. The molecule has 5 aliphatic rings. The second kappa shape index (κ2) is 12.0. The molecule has 2 bridgehead atoms. The fourth-order valence-electron chi connectivity index (χ4n) is 9.97. The predicted octanol–water partition coefficient (Wildman–Crippen LogP) is 7.17. The van der Waals surface area contributed by atoms with Crippen molar-refractivity contribution in [3.63, 3.8) is 0 Å². The summed E-state index contributed by atoms with van der Waals surface area (Å²) in [6.07, 6.45) is 10.5. The molecule has 9 heteroatoms. The monoisotopic (exact) mass is 703 g/mol. The lowest BCUT2D eigenvalue weighted by molar-refractivity contribution is 0.112. The second-order valence-electron chi connectivity index (χ2n) is 17.6. The Morgan fingerprint density at radius 3 is 2.44 bits per heavy atom. The van der Waals surface area contributed by atoms with Crippen LogP contribution in [-0.2, 0) is 4.74 Å². The number of aryl methyl sites for hydroxylation is 1. The van der Waals surface area contributed by atoms with Gasteiger partial charge in [0.1, 0.15) is 17.4 Å². The maximum Gasteiger partial charge on any atom is 0.318 e. The van der Waals surface area contributed by atoms with Crippen molar-refractivity contribution < 1.29 is 19.0 Å². The summed E-state index contributed by atoms with van der Waals surface area (Å²) in [7, 11) is 0. The maximum absolute atomic E-state index is 15.3. The van der Waals surface area contributed by atoms with Crippen LogP contribution in [0.4, 0.5) is 10.2 Å². The van der Waals surface area contributed by atoms with Crippen LogP contribution in [0.1, 0.15) is 76.0 Å². The standard InChI is InChI=1S/C43H50FN5O3/c1-7-31-35(44)11-8-27-14-30(50)15-33(37(27)31)36-26(4)38-34(16-32(36)25(2)3)39(49-17-28-9-10-29(18-49)45-28)47-40(46-38)52-24-43(12-13-43)21-48-19-41(5)22-51-23-42(41,6)20-48/h1,8,11,14-16,25,28-29,45,50H,9-10,12-13,17-24H2,2-6H3/t28?,29?,41-,42-/m0/s1. The Balaban J connectivity index is 1.15. The molecule has 1 saturated carbocycles. The number of hydrogen-bond acceptors (Lipinski definition) is 8. The highest BCUT2D eigenvalue weighted by atomic mass is 19.1. The molecule has 1 aliphatic carbocycles. The molecule has 0 amide bonds. The predicted molar refractivity (Wildman–Crippen MR) is 204 cm³/mol. The summed E-state index contributed by atoms with van der Waals surface area (Å²) >= 11 is 0. The van der Waals surface area contributed by atoms with Gasteiger partial charge in [0.25, 0.3) is 0 Å². The van der Waals surface area contributed by atoms with Crippen LogP contribution in [0.15, 0.2) is 30.3 Å². The normalized spacial score (nSPS) is 27.8. The number of hydrogen-bond donors (Lipinski definition) is 2. The van der Waals surface area contributed by atoms with Crippen molar-refractivity contribution in [3.8, 4) is 35.2 Å². The molecule has 4 atom stereocenters. The number of aromatic hydroxyl groups is 1. The van der Waals surface area contributed by atoms with E-state index in [0.717, 1.165) is 105 Å². The lowest BCUT2D eigenvalue weighted by atomic mass is 9.71. The number of anilines is 1. The first kappa shape index (κ1) is 33.8. The van der Waals surface area contributed by atoms with Gasteiger partial charge in [-0.2, -0.15) is 9.97 Å². The zero-order chi connectivity index (χ0) is 36.2. The topological polar surface area (TPSA) is 83.0 Å². The average molecular weight is 704 g/mol. The molecule has 2 N–H and O–H groups in total. The van der Waals surface area contributed by atoms with Gasteiger partial charge in [-0.3, -0.25) is 0 Å². The fraction of sp³-hybridized carbons (Fsp3) is 0.535. The molecule has 4 aliphatic heterocycles. The van der Waals surface area contributed by atoms with Crippen molar-refractivity contribution in [1.29, 1.82) is 0 Å². The number of ether oxygens (including phenoxy) is 2. The highest BCUT2D eigenvalue weighted by molar-refractivity contribution is 6.06. The van der Waals surface area contributed by atoms with Gasteiger partial charge in [0.2, 0.25) is 0 Å². The summed E-state index contributed by atoms with van der Waals surface area (Å²) in [5, 5.41) is 17.0. The summed E-state index contributed by atoms with van der Waals surface area (Å²) in [4.78, 5) is 15.5. The molecule has 5 fully saturated rings. The fourth-order valence-corrected chi connectivity index (χ4v) is 9.97. The van der Waals surface area contributed by atoms with Crippen molar-refractivity contribution >= 4 is 27.5 Å². The van der Waals surface area contributed by atoms with Crippen LogP contribution in [0, 0.1) is 41.3 Å². The van der Waals surface area contributed by atoms with Gasteiger partial charge in [-0.15, -0.1) is 6.42 Å². The van der Waals surface area contributed by atoms with Crippen molar-refractivity contribution in [2.24, 2.45) is 16.2 Å². The zero-order valence-electron chi connectivity index (χ0n) is 31.1. The molecule has 4 saturated heterocycles. The van der Waals surface area contributed by atoms with Gasteiger partial charge in [0, 0.05) is 71.8 Å². The first-order chi connectivity index (χ1) is 24.9. The number of nitrogens with zero attached hydrogens (tertiary/aromatic N) is 4. The lowest BCUT2D eigenvalue weighted by Gasteiger charge is -2.34. The number of terminal acetylenes is 1. The largest absolute Gasteiger partial charge is 0.508 e. The van der Waals surface area contributed by atoms with Gasteiger partial charge < -0.3 is 29.7 Å². The van der Waals surface area contributed by atoms with E-state index in [1.807, 2.05) is 0 Å². The average Bonchev–Trinajstić information content (AvgIpc) is 3.60. The van der Waals surface area contributed by atoms with E-state index in [2.05, 4.69) is 61.7 Å². The molecule has 272 valence electrons. The highest BCUT2D eigenvalue weighted by Crippen LogP contribution is 2.54. The smallest absolute Gasteiger partial charge is 0.318 e. The van der Waals surface area contributed by atoms with Crippen LogP contribution in [0.2, 0.25) is 0 Å². The maximum atomic E-state index is 15.3. The van der Waals surface area contributed by atoms with Crippen molar-refractivity contribution in [2.45, 2.75) is 78.3 Å². The van der Waals surface area contributed by atoms with Crippen LogP contribution in [0.5, 0.6) is 11.8 Å². The number of halogens is 1. The summed E-state index contributed by atoms with van der Waals surface area (Å²) < 4.78 is 27.9. The van der Waals surface area contributed by atoms with Crippen molar-refractivity contribution in [2.75, 3.05) is 57.4 Å². The third kappa shape index (κ3) is 5.44. The van der Waals surface area contributed by atoms with Gasteiger partial charge in [0.15, 0.2) is 0 Å². The van der Waals surface area contributed by atoms with E-state index in [9.17, 15) is 5.11 Å². The van der Waals surface area contributed by atoms with E-state index in [0.29, 0.717) is 41.0 Å². The number of benzene rings is 3. The Morgan fingerprint density at radius 2 is 1.79 bits per heavy atom. The Kier molecular flexibility index (Phi) is 7.83. The van der Waals surface area contributed by atoms with E-state index in [1.54, 1.807) is 18.2 Å². The van der Waals surface area contributed by atoms with Gasteiger partial charge in [0.05, 0.1) is 30.9 Å². The third-order valence-electron chi connectivity index (χ3n) is 13.3. The molecule has 8 nitrogen and oxygen atoms in total. The lowest BCUT2D eigenvalue weighted by Crippen LogP contribution is -2.51. The van der Waals surface area contributed by atoms with Crippen LogP contribution >= 0.6 is 0 Å². The molecule has 0 radical (unpaired) electrons. The highest BCUT2D eigenvalue weighted by Gasteiger charge is 2.57. The molecule has 0 spiro atoms. The quantitative estimate of drug-likeness (QED) is 0.187. The molecular formula is C43H50FN5O3. The SMILES string of the molecule is C#Cc1c(F)ccc2cc(O)cc(-c3c(C(C)C)cc4c(N5CC6CCC(C5)N6)nc(OCC5(CN6C[C@@]7(C)COC[C@]7(C)C6)CC5)nc4c3C)c12. The first-order valence-electron chi connectivity index (χ1n) is 19.1. The Morgan fingerprint density at radius 1 is 1.08 bits per heavy atom. The van der Waals surface area contributed by atoms with Crippen molar-refractivity contribution in [3.05, 3.63) is 52.8 Å². The van der Waals surface area contributed by atoms with Gasteiger partial charge in [-0.25, -0.2) is 4.39 Å². The number of piperazine rings is 1. The number of phenolic OH excluding ortho intramolecular Hbond substituents is 1. The second-order valence-corrected chi connectivity index (χ2v) is 17.6. The van der Waals surface area contributed by atoms with Gasteiger partial charge in [-0.1, -0.05) is 39.7 Å². The summed E-state index contributed by atoms with van der Waals surface area (Å²) in [5.41, 5.74) is 5.09. The first-order valence-corrected chi connectivity index (χ1v) is 19.1. The summed E-state index contributed by atoms with van der Waals surface area (Å²) in [6, 6.07) is 9.88. The molecule has 3 aromatic carbocycles. The van der Waals surface area contributed by atoms with E-state index < -0.39 is 5.82 Å². The molecular weight excluding hydrogens is 654 g/mol. The third-order valence-corrected chi connectivity index (χ3v) is 13.3. The number of likely N-dealkylation sites (tertiary alicyclic amines) is 1. The Bertz CT molecular complexity index is 2130. The van der Waals surface area contributed by atoms with E-state index in [1.165, 1.54) is 6.07 Å². The van der Waals surface area contributed by atoms with Gasteiger partial charge in [-0.05, 0) is 90.4 Å². The number of phenols is 1. The number of fused-ring (bicyclic) bond motifs is 5. The minimum absolute atomic E-state index is 0.0940. The van der Waals surface area contributed by atoms with Crippen LogP contribution in [0.3, 0.4) is 0 Å². The van der Waals surface area contributed by atoms with E-state index in [4.69, 9.17) is 25.9 Å². The molecule has 4 aromatic rings.